The van der Waals surface area contributed by atoms with Gasteiger partial charge in [0.25, 0.3) is 0 Å². The molecule has 21 heavy (non-hydrogen) atoms. The summed E-state index contributed by atoms with van der Waals surface area (Å²) in [6.07, 6.45) is 2.55. The number of likely N-dealkylation sites (N-methyl/N-ethyl adjacent to an activating group) is 1. The van der Waals surface area contributed by atoms with Crippen molar-refractivity contribution in [3.05, 3.63) is 22.7 Å². The van der Waals surface area contributed by atoms with Crippen LogP contribution in [0.15, 0.2) is 12.1 Å². The van der Waals surface area contributed by atoms with E-state index in [1.807, 2.05) is 4.57 Å². The second kappa shape index (κ2) is 5.42. The average Bonchev–Trinajstić information content (AvgIpc) is 3.25. The van der Waals surface area contributed by atoms with Gasteiger partial charge in [0.15, 0.2) is 16.3 Å². The fourth-order valence-electron chi connectivity index (χ4n) is 2.73. The number of nitrogens with one attached hydrogen (secondary N) is 1. The van der Waals surface area contributed by atoms with E-state index in [-0.39, 0.29) is 11.6 Å². The molecule has 1 heterocycles. The third kappa shape index (κ3) is 2.70. The minimum atomic E-state index is -0.378. The average molecular weight is 309 g/mol. The van der Waals surface area contributed by atoms with Crippen molar-refractivity contribution < 1.29 is 9.13 Å². The summed E-state index contributed by atoms with van der Waals surface area (Å²) in [4.78, 5) is 5.46. The van der Waals surface area contributed by atoms with E-state index in [1.54, 1.807) is 6.07 Å². The van der Waals surface area contributed by atoms with E-state index in [9.17, 15) is 4.39 Å². The molecule has 1 aromatic carbocycles. The van der Waals surface area contributed by atoms with Gasteiger partial charge in [-0.1, -0.05) is 0 Å². The topological polar surface area (TPSA) is 33.2 Å². The number of hydrogen-bond donors (Lipinski definition) is 1. The van der Waals surface area contributed by atoms with E-state index in [0.29, 0.717) is 22.4 Å². The van der Waals surface area contributed by atoms with Crippen LogP contribution in [0.4, 0.5) is 4.39 Å². The van der Waals surface area contributed by atoms with Gasteiger partial charge in [0.05, 0.1) is 18.1 Å². The summed E-state index contributed by atoms with van der Waals surface area (Å²) in [6.45, 7) is 2.97. The summed E-state index contributed by atoms with van der Waals surface area (Å²) in [7, 11) is 3.63. The fourth-order valence-corrected chi connectivity index (χ4v) is 3.01. The highest BCUT2D eigenvalue weighted by molar-refractivity contribution is 7.71. The van der Waals surface area contributed by atoms with Gasteiger partial charge in [0.2, 0.25) is 0 Å². The van der Waals surface area contributed by atoms with Crippen LogP contribution in [0.25, 0.3) is 11.0 Å². The number of ether oxygens (including phenoxy) is 1. The fraction of sp³-hybridized carbons (Fsp3) is 0.533. The molecule has 1 fully saturated rings. The number of aromatic nitrogens is 2. The summed E-state index contributed by atoms with van der Waals surface area (Å²) in [5.41, 5.74) is 1.59. The molecule has 3 rings (SSSR count). The predicted molar refractivity (Wildman–Crippen MR) is 83.9 cm³/mol. The highest BCUT2D eigenvalue weighted by Crippen LogP contribution is 2.29. The van der Waals surface area contributed by atoms with Crippen LogP contribution in [0.1, 0.15) is 19.8 Å². The maximum absolute atomic E-state index is 13.8. The normalized spacial score (nSPS) is 16.6. The molecule has 114 valence electrons. The SMILES string of the molecule is COc1cc2c(cc1F)[nH]c(=S)n2CC(C)N(C)C1CC1. The second-order valence-corrected chi connectivity index (χ2v) is 6.18. The third-order valence-corrected chi connectivity index (χ3v) is 4.64. The number of aromatic amines is 1. The Kier molecular flexibility index (Phi) is 3.75. The summed E-state index contributed by atoms with van der Waals surface area (Å²) in [6, 6.07) is 4.22. The molecule has 0 aliphatic heterocycles. The molecule has 0 amide bonds. The van der Waals surface area contributed by atoms with E-state index in [1.165, 1.54) is 26.0 Å². The van der Waals surface area contributed by atoms with Crippen LogP contribution in [-0.4, -0.2) is 40.7 Å². The van der Waals surface area contributed by atoms with Crippen molar-refractivity contribution >= 4 is 23.3 Å². The van der Waals surface area contributed by atoms with Gasteiger partial charge < -0.3 is 14.3 Å². The quantitative estimate of drug-likeness (QED) is 0.860. The van der Waals surface area contributed by atoms with Crippen LogP contribution < -0.4 is 4.74 Å². The molecule has 0 bridgehead atoms. The maximum atomic E-state index is 13.8. The number of benzene rings is 1. The smallest absolute Gasteiger partial charge is 0.178 e. The van der Waals surface area contributed by atoms with Gasteiger partial charge in [-0.05, 0) is 39.0 Å². The molecule has 6 heteroatoms. The Morgan fingerprint density at radius 3 is 2.86 bits per heavy atom. The molecule has 1 aliphatic rings. The first kappa shape index (κ1) is 14.5. The van der Waals surface area contributed by atoms with Gasteiger partial charge in [-0.2, -0.15) is 0 Å². The number of imidazole rings is 1. The van der Waals surface area contributed by atoms with Crippen LogP contribution >= 0.6 is 12.2 Å². The summed E-state index contributed by atoms with van der Waals surface area (Å²) < 4.78 is 21.5. The van der Waals surface area contributed by atoms with E-state index >= 15 is 0 Å². The van der Waals surface area contributed by atoms with Gasteiger partial charge in [0.1, 0.15) is 0 Å². The number of halogens is 1. The molecule has 4 nitrogen and oxygen atoms in total. The number of hydrogen-bond acceptors (Lipinski definition) is 3. The highest BCUT2D eigenvalue weighted by Gasteiger charge is 2.29. The zero-order valence-electron chi connectivity index (χ0n) is 12.5. The van der Waals surface area contributed by atoms with E-state index < -0.39 is 0 Å². The predicted octanol–water partition coefficient (Wildman–Crippen LogP) is 3.33. The first-order valence-electron chi connectivity index (χ1n) is 7.19. The molecule has 1 unspecified atom stereocenters. The lowest BCUT2D eigenvalue weighted by molar-refractivity contribution is 0.226. The Balaban J connectivity index is 1.97. The molecular formula is C15H20FN3OS. The Labute approximate surface area is 128 Å². The van der Waals surface area contributed by atoms with Crippen molar-refractivity contribution in [2.24, 2.45) is 0 Å². The molecular weight excluding hydrogens is 289 g/mol. The molecule has 1 saturated carbocycles. The number of nitrogens with zero attached hydrogens (tertiary/aromatic N) is 2. The van der Waals surface area contributed by atoms with Gasteiger partial charge in [-0.25, -0.2) is 4.39 Å². The molecule has 1 aliphatic carbocycles. The first-order chi connectivity index (χ1) is 10.0. The number of H-pyrrole nitrogens is 1. The standard InChI is InChI=1S/C15H20FN3OS/c1-9(18(2)10-4-5-10)8-19-13-7-14(20-3)11(16)6-12(13)17-15(19)21/h6-7,9-10H,4-5,8H2,1-3H3,(H,17,21). The maximum Gasteiger partial charge on any atom is 0.178 e. The van der Waals surface area contributed by atoms with E-state index in [2.05, 4.69) is 23.9 Å². The van der Waals surface area contributed by atoms with Crippen molar-refractivity contribution in [2.45, 2.75) is 38.4 Å². The highest BCUT2D eigenvalue weighted by atomic mass is 32.1. The lowest BCUT2D eigenvalue weighted by Crippen LogP contribution is -2.34. The minimum Gasteiger partial charge on any atom is -0.494 e. The Morgan fingerprint density at radius 1 is 1.52 bits per heavy atom. The largest absolute Gasteiger partial charge is 0.494 e. The summed E-state index contributed by atoms with van der Waals surface area (Å²) in [5.74, 6) is -0.134. The van der Waals surface area contributed by atoms with Gasteiger partial charge in [-0.3, -0.25) is 4.90 Å². The summed E-state index contributed by atoms with van der Waals surface area (Å²) in [5, 5.41) is 0. The molecule has 1 N–H and O–H groups in total. The molecule has 1 atom stereocenters. The Hall–Kier alpha value is -1.40. The molecule has 0 spiro atoms. The van der Waals surface area contributed by atoms with Crippen LogP contribution in [0.5, 0.6) is 5.75 Å². The zero-order valence-corrected chi connectivity index (χ0v) is 13.3. The van der Waals surface area contributed by atoms with Crippen LogP contribution in [-0.2, 0) is 6.54 Å². The lowest BCUT2D eigenvalue weighted by atomic mass is 10.2. The Bertz CT molecular complexity index is 720. The monoisotopic (exact) mass is 309 g/mol. The van der Waals surface area contributed by atoms with Gasteiger partial charge in [0, 0.05) is 30.8 Å². The minimum absolute atomic E-state index is 0.244. The van der Waals surface area contributed by atoms with Crippen LogP contribution in [0.2, 0.25) is 0 Å². The van der Waals surface area contributed by atoms with Crippen LogP contribution in [0, 0.1) is 10.6 Å². The van der Waals surface area contributed by atoms with Crippen LogP contribution in [0.3, 0.4) is 0 Å². The first-order valence-corrected chi connectivity index (χ1v) is 7.60. The lowest BCUT2D eigenvalue weighted by Gasteiger charge is -2.25. The van der Waals surface area contributed by atoms with Crippen molar-refractivity contribution in [3.8, 4) is 5.75 Å². The second-order valence-electron chi connectivity index (χ2n) is 5.79. The van der Waals surface area contributed by atoms with E-state index in [0.717, 1.165) is 12.1 Å². The summed E-state index contributed by atoms with van der Waals surface area (Å²) >= 11 is 5.39. The molecule has 2 aromatic rings. The molecule has 0 radical (unpaired) electrons. The van der Waals surface area contributed by atoms with Gasteiger partial charge >= 0.3 is 0 Å². The van der Waals surface area contributed by atoms with Gasteiger partial charge in [-0.15, -0.1) is 0 Å². The number of rotatable bonds is 5. The van der Waals surface area contributed by atoms with Crippen molar-refractivity contribution in [1.82, 2.24) is 14.5 Å². The van der Waals surface area contributed by atoms with Crippen molar-refractivity contribution in [1.29, 1.82) is 0 Å². The third-order valence-electron chi connectivity index (χ3n) is 4.31. The number of fused-ring (bicyclic) bond motifs is 1. The molecule has 1 aromatic heterocycles. The van der Waals surface area contributed by atoms with Crippen molar-refractivity contribution in [3.63, 3.8) is 0 Å². The number of methoxy groups -OCH3 is 1. The molecule has 0 saturated heterocycles. The van der Waals surface area contributed by atoms with Crippen molar-refractivity contribution in [2.75, 3.05) is 14.2 Å². The Morgan fingerprint density at radius 2 is 2.24 bits per heavy atom. The zero-order chi connectivity index (χ0) is 15.1. The van der Waals surface area contributed by atoms with E-state index in [4.69, 9.17) is 17.0 Å².